The van der Waals surface area contributed by atoms with Gasteiger partial charge in [-0.1, -0.05) is 71.9 Å². The van der Waals surface area contributed by atoms with Gasteiger partial charge >= 0.3 is 0 Å². The van der Waals surface area contributed by atoms with E-state index in [1.54, 1.807) is 23.1 Å². The highest BCUT2D eigenvalue weighted by Gasteiger charge is 2.15. The highest BCUT2D eigenvalue weighted by molar-refractivity contribution is 7.98. The quantitative estimate of drug-likeness (QED) is 0.374. The monoisotopic (exact) mass is 397 g/mol. The van der Waals surface area contributed by atoms with Gasteiger partial charge in [0.2, 0.25) is 0 Å². The summed E-state index contributed by atoms with van der Waals surface area (Å²) in [6, 6.07) is 22.5. The minimum atomic E-state index is 0.749. The normalized spacial score (nSPS) is 11.0. The van der Waals surface area contributed by atoms with Crippen molar-refractivity contribution in [2.75, 3.05) is 0 Å². The van der Waals surface area contributed by atoms with Crippen LogP contribution in [0.15, 0.2) is 77.3 Å². The summed E-state index contributed by atoms with van der Waals surface area (Å²) in [6.07, 6.45) is 0. The highest BCUT2D eigenvalue weighted by Crippen LogP contribution is 2.30. The van der Waals surface area contributed by atoms with Crippen LogP contribution in [0.2, 0.25) is 5.02 Å². The van der Waals surface area contributed by atoms with E-state index in [9.17, 15) is 0 Å². The molecule has 4 aromatic rings. The summed E-state index contributed by atoms with van der Waals surface area (Å²) in [4.78, 5) is 1.13. The zero-order chi connectivity index (χ0) is 17.8. The molecule has 3 nitrogen and oxygen atoms in total. The summed E-state index contributed by atoms with van der Waals surface area (Å²) in [5.74, 6) is 1.72. The van der Waals surface area contributed by atoms with E-state index in [0.717, 1.165) is 33.2 Å². The van der Waals surface area contributed by atoms with Crippen LogP contribution < -0.4 is 0 Å². The predicted molar refractivity (Wildman–Crippen MR) is 110 cm³/mol. The van der Waals surface area contributed by atoms with Crippen molar-refractivity contribution in [2.45, 2.75) is 17.5 Å². The number of rotatable bonds is 6. The average Bonchev–Trinajstić information content (AvgIpc) is 3.31. The lowest BCUT2D eigenvalue weighted by Gasteiger charge is -2.10. The Bertz CT molecular complexity index is 981. The van der Waals surface area contributed by atoms with Gasteiger partial charge in [-0.15, -0.1) is 21.5 Å². The van der Waals surface area contributed by atoms with Crippen LogP contribution in [0.5, 0.6) is 0 Å². The van der Waals surface area contributed by atoms with Crippen molar-refractivity contribution < 1.29 is 0 Å². The molecule has 0 aliphatic rings. The van der Waals surface area contributed by atoms with E-state index >= 15 is 0 Å². The molecular formula is C20H16ClN3S2. The summed E-state index contributed by atoms with van der Waals surface area (Å²) in [5.41, 5.74) is 2.41. The number of nitrogens with zero attached hydrogens (tertiary/aromatic N) is 3. The first-order valence-electron chi connectivity index (χ1n) is 8.18. The molecule has 2 aromatic heterocycles. The van der Waals surface area contributed by atoms with Crippen LogP contribution in [0.1, 0.15) is 11.1 Å². The van der Waals surface area contributed by atoms with Gasteiger partial charge in [-0.3, -0.25) is 4.57 Å². The molecule has 130 valence electrons. The van der Waals surface area contributed by atoms with Crippen LogP contribution in [0.25, 0.3) is 10.7 Å². The van der Waals surface area contributed by atoms with Gasteiger partial charge < -0.3 is 0 Å². The molecule has 0 bridgehead atoms. The lowest BCUT2D eigenvalue weighted by Crippen LogP contribution is -2.03. The minimum Gasteiger partial charge on any atom is -0.297 e. The first kappa shape index (κ1) is 17.3. The predicted octanol–water partition coefficient (Wildman–Crippen LogP) is 6.00. The number of thioether (sulfide) groups is 1. The third kappa shape index (κ3) is 4.01. The topological polar surface area (TPSA) is 30.7 Å². The molecule has 0 spiro atoms. The van der Waals surface area contributed by atoms with Crippen molar-refractivity contribution in [3.8, 4) is 10.7 Å². The number of thiophene rings is 1. The van der Waals surface area contributed by atoms with Gasteiger partial charge in [-0.2, -0.15) is 0 Å². The maximum absolute atomic E-state index is 6.10. The van der Waals surface area contributed by atoms with Gasteiger partial charge in [0.15, 0.2) is 11.0 Å². The fraction of sp³-hybridized carbons (Fsp3) is 0.100. The van der Waals surface area contributed by atoms with Crippen LogP contribution in [-0.2, 0) is 12.3 Å². The van der Waals surface area contributed by atoms with E-state index in [4.69, 9.17) is 11.6 Å². The Labute approximate surface area is 165 Å². The minimum absolute atomic E-state index is 0.749. The molecule has 0 fully saturated rings. The fourth-order valence-electron chi connectivity index (χ4n) is 2.67. The zero-order valence-electron chi connectivity index (χ0n) is 13.9. The number of hydrogen-bond acceptors (Lipinski definition) is 4. The summed E-state index contributed by atoms with van der Waals surface area (Å²) in [6.45, 7) is 0.749. The van der Waals surface area contributed by atoms with E-state index in [0.29, 0.717) is 0 Å². The highest BCUT2D eigenvalue weighted by atomic mass is 35.5. The average molecular weight is 398 g/mol. The first-order valence-corrected chi connectivity index (χ1v) is 10.4. The van der Waals surface area contributed by atoms with Gasteiger partial charge in [0, 0.05) is 10.8 Å². The van der Waals surface area contributed by atoms with Gasteiger partial charge in [0.1, 0.15) is 0 Å². The molecule has 0 saturated heterocycles. The Morgan fingerprint density at radius 1 is 0.923 bits per heavy atom. The Hall–Kier alpha value is -2.08. The summed E-state index contributed by atoms with van der Waals surface area (Å²) >= 11 is 9.46. The Balaban J connectivity index is 1.63. The molecular weight excluding hydrogens is 382 g/mol. The van der Waals surface area contributed by atoms with Crippen molar-refractivity contribution in [1.82, 2.24) is 14.8 Å². The molecule has 0 amide bonds. The molecule has 0 unspecified atom stereocenters. The van der Waals surface area contributed by atoms with E-state index in [1.165, 1.54) is 11.1 Å². The maximum Gasteiger partial charge on any atom is 0.192 e. The van der Waals surface area contributed by atoms with Crippen molar-refractivity contribution in [1.29, 1.82) is 0 Å². The molecule has 4 rings (SSSR count). The standard InChI is InChI=1S/C20H16ClN3S2/c21-17-9-4-8-16(12-17)14-26-20-23-22-19(18-10-5-11-25-18)24(20)13-15-6-2-1-3-7-15/h1-12H,13-14H2. The van der Waals surface area contributed by atoms with Crippen LogP contribution >= 0.6 is 34.7 Å². The summed E-state index contributed by atoms with van der Waals surface area (Å²) in [5, 5.41) is 12.7. The third-order valence-corrected chi connectivity index (χ3v) is 6.04. The van der Waals surface area contributed by atoms with Gasteiger partial charge in [0.05, 0.1) is 11.4 Å². The molecule has 0 aliphatic carbocycles. The lowest BCUT2D eigenvalue weighted by atomic mass is 10.2. The maximum atomic E-state index is 6.10. The molecule has 2 aromatic carbocycles. The smallest absolute Gasteiger partial charge is 0.192 e. The van der Waals surface area contributed by atoms with Gasteiger partial charge in [-0.05, 0) is 34.7 Å². The number of halogens is 1. The van der Waals surface area contributed by atoms with Crippen molar-refractivity contribution in [3.63, 3.8) is 0 Å². The van der Waals surface area contributed by atoms with Crippen LogP contribution in [0.3, 0.4) is 0 Å². The van der Waals surface area contributed by atoms with Gasteiger partial charge in [0.25, 0.3) is 0 Å². The molecule has 0 aliphatic heterocycles. The van der Waals surface area contributed by atoms with Crippen molar-refractivity contribution in [3.05, 3.63) is 88.3 Å². The van der Waals surface area contributed by atoms with Crippen LogP contribution in [-0.4, -0.2) is 14.8 Å². The van der Waals surface area contributed by atoms with Crippen molar-refractivity contribution in [2.24, 2.45) is 0 Å². The molecule has 6 heteroatoms. The Morgan fingerprint density at radius 2 is 1.77 bits per heavy atom. The second-order valence-electron chi connectivity index (χ2n) is 5.77. The van der Waals surface area contributed by atoms with Crippen molar-refractivity contribution >= 4 is 34.7 Å². The molecule has 26 heavy (non-hydrogen) atoms. The number of hydrogen-bond donors (Lipinski definition) is 0. The van der Waals surface area contributed by atoms with E-state index in [2.05, 4.69) is 56.5 Å². The number of aromatic nitrogens is 3. The third-order valence-electron chi connectivity index (χ3n) is 3.90. The first-order chi connectivity index (χ1) is 12.8. The molecule has 0 saturated carbocycles. The van der Waals surface area contributed by atoms with Gasteiger partial charge in [-0.25, -0.2) is 0 Å². The molecule has 2 heterocycles. The van der Waals surface area contributed by atoms with Crippen LogP contribution in [0, 0.1) is 0 Å². The van der Waals surface area contributed by atoms with E-state index < -0.39 is 0 Å². The number of benzene rings is 2. The molecule has 0 radical (unpaired) electrons. The summed E-state index contributed by atoms with van der Waals surface area (Å²) in [7, 11) is 0. The second-order valence-corrected chi connectivity index (χ2v) is 8.10. The zero-order valence-corrected chi connectivity index (χ0v) is 16.3. The largest absolute Gasteiger partial charge is 0.297 e. The lowest BCUT2D eigenvalue weighted by molar-refractivity contribution is 0.715. The molecule has 0 N–H and O–H groups in total. The van der Waals surface area contributed by atoms with E-state index in [-0.39, 0.29) is 0 Å². The Kier molecular flexibility index (Phi) is 5.39. The Morgan fingerprint density at radius 3 is 2.54 bits per heavy atom. The van der Waals surface area contributed by atoms with Crippen LogP contribution in [0.4, 0.5) is 0 Å². The second kappa shape index (κ2) is 8.08. The fourth-order valence-corrected chi connectivity index (χ4v) is 4.48. The molecule has 0 atom stereocenters. The summed E-state index contributed by atoms with van der Waals surface area (Å²) < 4.78 is 2.19. The van der Waals surface area contributed by atoms with E-state index in [1.807, 2.05) is 30.3 Å². The SMILES string of the molecule is Clc1cccc(CSc2nnc(-c3cccs3)n2Cc2ccccc2)c1.